The van der Waals surface area contributed by atoms with Crippen molar-refractivity contribution < 1.29 is 17.9 Å². The zero-order chi connectivity index (χ0) is 17.0. The first kappa shape index (κ1) is 14.7. The Balaban J connectivity index is 1.39. The van der Waals surface area contributed by atoms with Crippen LogP contribution in [0.4, 0.5) is 0 Å². The molecule has 2 aliphatic heterocycles. The first-order chi connectivity index (χ1) is 12.1. The van der Waals surface area contributed by atoms with E-state index < -0.39 is 10.0 Å². The van der Waals surface area contributed by atoms with Gasteiger partial charge < -0.3 is 9.47 Å². The summed E-state index contributed by atoms with van der Waals surface area (Å²) in [6, 6.07) is 12.7. The van der Waals surface area contributed by atoms with Gasteiger partial charge in [-0.15, -0.1) is 0 Å². The molecule has 0 aliphatic carbocycles. The van der Waals surface area contributed by atoms with Gasteiger partial charge in [-0.25, -0.2) is 8.42 Å². The van der Waals surface area contributed by atoms with Crippen molar-refractivity contribution in [2.75, 3.05) is 19.9 Å². The Labute approximate surface area is 144 Å². The molecule has 0 bridgehead atoms. The Morgan fingerprint density at radius 3 is 2.72 bits per heavy atom. The summed E-state index contributed by atoms with van der Waals surface area (Å²) < 4.78 is 39.5. The number of nitrogens with zero attached hydrogens (tertiary/aromatic N) is 3. The van der Waals surface area contributed by atoms with Crippen LogP contribution in [0.1, 0.15) is 6.04 Å². The summed E-state index contributed by atoms with van der Waals surface area (Å²) in [5.74, 6) is 1.04. The Hall–Kier alpha value is -2.58. The minimum absolute atomic E-state index is 0.0451. The second-order valence-electron chi connectivity index (χ2n) is 6.14. The first-order valence-corrected chi connectivity index (χ1v) is 9.39. The van der Waals surface area contributed by atoms with Crippen molar-refractivity contribution >= 4 is 20.9 Å². The molecule has 0 radical (unpaired) electrons. The summed E-state index contributed by atoms with van der Waals surface area (Å²) in [6.45, 7) is 0.932. The van der Waals surface area contributed by atoms with Gasteiger partial charge in [-0.2, -0.15) is 9.40 Å². The second-order valence-corrected chi connectivity index (χ2v) is 8.08. The van der Waals surface area contributed by atoms with Gasteiger partial charge in [0.15, 0.2) is 11.5 Å². The van der Waals surface area contributed by atoms with E-state index >= 15 is 0 Å². The van der Waals surface area contributed by atoms with Crippen molar-refractivity contribution in [1.82, 2.24) is 14.1 Å². The molecule has 8 heteroatoms. The van der Waals surface area contributed by atoms with Crippen molar-refractivity contribution in [3.63, 3.8) is 0 Å². The maximum Gasteiger partial charge on any atom is 0.243 e. The fourth-order valence-electron chi connectivity index (χ4n) is 3.24. The quantitative estimate of drug-likeness (QED) is 0.717. The van der Waals surface area contributed by atoms with E-state index in [0.29, 0.717) is 24.6 Å². The molecule has 2 aromatic carbocycles. The highest BCUT2D eigenvalue weighted by atomic mass is 32.2. The normalized spacial score (nSPS) is 17.8. The molecule has 3 aromatic rings. The van der Waals surface area contributed by atoms with Crippen LogP contribution in [0.5, 0.6) is 11.5 Å². The largest absolute Gasteiger partial charge is 0.454 e. The lowest BCUT2D eigenvalue weighted by molar-refractivity contribution is 0.173. The average molecular weight is 357 g/mol. The van der Waals surface area contributed by atoms with Gasteiger partial charge in [0.05, 0.1) is 22.7 Å². The SMILES string of the molecule is O=S(=O)(c1ccc2c(c1)OCO2)N1CC(n2ncc3ccccc32)C1. The van der Waals surface area contributed by atoms with Crippen LogP contribution in [0, 0.1) is 0 Å². The molecule has 1 saturated heterocycles. The third kappa shape index (κ3) is 2.21. The molecular weight excluding hydrogens is 342 g/mol. The predicted molar refractivity (Wildman–Crippen MR) is 90.1 cm³/mol. The third-order valence-corrected chi connectivity index (χ3v) is 6.49. The number of rotatable bonds is 3. The van der Waals surface area contributed by atoms with E-state index in [1.54, 1.807) is 12.1 Å². The molecule has 128 valence electrons. The Kier molecular flexibility index (Phi) is 3.07. The molecule has 0 spiro atoms. The monoisotopic (exact) mass is 357 g/mol. The molecule has 0 amide bonds. The van der Waals surface area contributed by atoms with Gasteiger partial charge in [-0.1, -0.05) is 18.2 Å². The van der Waals surface area contributed by atoms with Crippen LogP contribution in [-0.4, -0.2) is 42.4 Å². The lowest BCUT2D eigenvalue weighted by Crippen LogP contribution is -2.50. The van der Waals surface area contributed by atoms with Gasteiger partial charge in [-0.05, 0) is 18.2 Å². The van der Waals surface area contributed by atoms with E-state index in [1.807, 2.05) is 35.1 Å². The summed E-state index contributed by atoms with van der Waals surface area (Å²) in [4.78, 5) is 0.223. The minimum Gasteiger partial charge on any atom is -0.454 e. The van der Waals surface area contributed by atoms with Crippen molar-refractivity contribution in [3.05, 3.63) is 48.7 Å². The zero-order valence-electron chi connectivity index (χ0n) is 13.2. The van der Waals surface area contributed by atoms with Crippen molar-refractivity contribution in [1.29, 1.82) is 0 Å². The van der Waals surface area contributed by atoms with Crippen molar-refractivity contribution in [3.8, 4) is 11.5 Å². The fourth-order valence-corrected chi connectivity index (χ4v) is 4.77. The number of sulfonamides is 1. The number of benzene rings is 2. The third-order valence-electron chi connectivity index (χ3n) is 4.66. The summed E-state index contributed by atoms with van der Waals surface area (Å²) >= 11 is 0. The highest BCUT2D eigenvalue weighted by Gasteiger charge is 2.39. The van der Waals surface area contributed by atoms with Crippen molar-refractivity contribution in [2.45, 2.75) is 10.9 Å². The summed E-state index contributed by atoms with van der Waals surface area (Å²) in [6.07, 6.45) is 1.81. The molecule has 7 nitrogen and oxygen atoms in total. The van der Waals surface area contributed by atoms with Crippen LogP contribution in [0.3, 0.4) is 0 Å². The highest BCUT2D eigenvalue weighted by Crippen LogP contribution is 2.36. The van der Waals surface area contributed by atoms with Crippen LogP contribution in [0.25, 0.3) is 10.9 Å². The van der Waals surface area contributed by atoms with Crippen LogP contribution >= 0.6 is 0 Å². The summed E-state index contributed by atoms with van der Waals surface area (Å²) in [5.41, 5.74) is 1.02. The van der Waals surface area contributed by atoms with E-state index in [2.05, 4.69) is 5.10 Å². The topological polar surface area (TPSA) is 73.7 Å². The standard InChI is InChI=1S/C17H15N3O4S/c21-25(22,14-5-6-16-17(7-14)24-11-23-16)19-9-13(10-19)20-15-4-2-1-3-12(15)8-18-20/h1-8,13H,9-11H2. The summed E-state index contributed by atoms with van der Waals surface area (Å²) in [5, 5.41) is 5.47. The Morgan fingerprint density at radius 1 is 1.04 bits per heavy atom. The van der Waals surface area contributed by atoms with E-state index in [9.17, 15) is 8.42 Å². The maximum absolute atomic E-state index is 12.8. The molecule has 0 N–H and O–H groups in total. The average Bonchev–Trinajstić information content (AvgIpc) is 3.19. The molecular formula is C17H15N3O4S. The van der Waals surface area contributed by atoms with Gasteiger partial charge >= 0.3 is 0 Å². The Morgan fingerprint density at radius 2 is 1.84 bits per heavy atom. The second kappa shape index (κ2) is 5.21. The number of aromatic nitrogens is 2. The zero-order valence-corrected chi connectivity index (χ0v) is 14.0. The molecule has 1 aromatic heterocycles. The van der Waals surface area contributed by atoms with Crippen LogP contribution in [-0.2, 0) is 10.0 Å². The van der Waals surface area contributed by atoms with Gasteiger partial charge in [0, 0.05) is 24.5 Å². The van der Waals surface area contributed by atoms with E-state index in [1.165, 1.54) is 10.4 Å². The molecule has 25 heavy (non-hydrogen) atoms. The smallest absolute Gasteiger partial charge is 0.243 e. The molecule has 0 atom stereocenters. The van der Waals surface area contributed by atoms with Gasteiger partial charge in [0.1, 0.15) is 0 Å². The Bertz CT molecular complexity index is 1070. The number of para-hydroxylation sites is 1. The van der Waals surface area contributed by atoms with Crippen LogP contribution in [0.2, 0.25) is 0 Å². The molecule has 2 aliphatic rings. The number of ether oxygens (including phenoxy) is 2. The maximum atomic E-state index is 12.8. The van der Waals surface area contributed by atoms with E-state index in [0.717, 1.165) is 10.9 Å². The number of fused-ring (bicyclic) bond motifs is 2. The molecule has 0 saturated carbocycles. The predicted octanol–water partition coefficient (Wildman–Crippen LogP) is 2.01. The molecule has 1 fully saturated rings. The van der Waals surface area contributed by atoms with Crippen molar-refractivity contribution in [2.24, 2.45) is 0 Å². The minimum atomic E-state index is -3.54. The van der Waals surface area contributed by atoms with Gasteiger partial charge in [0.2, 0.25) is 16.8 Å². The number of hydrogen-bond donors (Lipinski definition) is 0. The first-order valence-electron chi connectivity index (χ1n) is 7.95. The lowest BCUT2D eigenvalue weighted by Gasteiger charge is -2.38. The van der Waals surface area contributed by atoms with Crippen LogP contribution < -0.4 is 9.47 Å². The van der Waals surface area contributed by atoms with Gasteiger partial charge in [0.25, 0.3) is 0 Å². The summed E-state index contributed by atoms with van der Waals surface area (Å²) in [7, 11) is -3.54. The molecule has 3 heterocycles. The fraction of sp³-hybridized carbons (Fsp3) is 0.235. The lowest BCUT2D eigenvalue weighted by atomic mass is 10.2. The van der Waals surface area contributed by atoms with E-state index in [4.69, 9.17) is 9.47 Å². The van der Waals surface area contributed by atoms with Gasteiger partial charge in [-0.3, -0.25) is 4.68 Å². The number of hydrogen-bond acceptors (Lipinski definition) is 5. The molecule has 5 rings (SSSR count). The highest BCUT2D eigenvalue weighted by molar-refractivity contribution is 7.89. The van der Waals surface area contributed by atoms with Crippen LogP contribution in [0.15, 0.2) is 53.6 Å². The van der Waals surface area contributed by atoms with E-state index in [-0.39, 0.29) is 17.7 Å². The molecule has 0 unspecified atom stereocenters.